The zero-order valence-corrected chi connectivity index (χ0v) is 8.88. The van der Waals surface area contributed by atoms with E-state index in [0.29, 0.717) is 10.8 Å². The lowest BCUT2D eigenvalue weighted by Crippen LogP contribution is -2.01. The van der Waals surface area contributed by atoms with E-state index in [2.05, 4.69) is 4.98 Å². The Balaban J connectivity index is 2.98. The molecule has 14 heavy (non-hydrogen) atoms. The van der Waals surface area contributed by atoms with Crippen LogP contribution >= 0.6 is 11.6 Å². The average molecular weight is 211 g/mol. The number of rotatable bonds is 3. The molecule has 3 nitrogen and oxygen atoms in total. The quantitative estimate of drug-likeness (QED) is 0.771. The van der Waals surface area contributed by atoms with Gasteiger partial charge in [0, 0.05) is 12.3 Å². The predicted molar refractivity (Wildman–Crippen MR) is 54.4 cm³/mol. The molecular weight excluding hydrogens is 200 g/mol. The molecular formula is C10H11ClN2O. The van der Waals surface area contributed by atoms with E-state index in [0.717, 1.165) is 5.69 Å². The Morgan fingerprint density at radius 1 is 1.64 bits per heavy atom. The van der Waals surface area contributed by atoms with Gasteiger partial charge in [-0.05, 0) is 5.92 Å². The molecule has 0 aliphatic carbocycles. The first-order valence-electron chi connectivity index (χ1n) is 4.30. The van der Waals surface area contributed by atoms with Crippen LogP contribution in [0.2, 0.25) is 5.02 Å². The lowest BCUT2D eigenvalue weighted by atomic mass is 10.1. The zero-order chi connectivity index (χ0) is 10.6. The Bertz CT molecular complexity index is 358. The first-order chi connectivity index (χ1) is 6.65. The minimum atomic E-state index is 0.0156. The lowest BCUT2D eigenvalue weighted by Gasteiger charge is -2.10. The van der Waals surface area contributed by atoms with Gasteiger partial charge < -0.3 is 4.74 Å². The second-order valence-electron chi connectivity index (χ2n) is 3.14. The van der Waals surface area contributed by atoms with Gasteiger partial charge in [-0.15, -0.1) is 0 Å². The summed E-state index contributed by atoms with van der Waals surface area (Å²) in [5.74, 6) is 0.843. The van der Waals surface area contributed by atoms with Crippen molar-refractivity contribution in [2.24, 2.45) is 0 Å². The standard InChI is InChI=1S/C10H11ClN2O/c1-7(2)10-9(14-4-3-12)5-8(11)6-13-10/h5-7H,4H2,1-2H3. The Hall–Kier alpha value is -1.27. The van der Waals surface area contributed by atoms with Crippen LogP contribution in [0.1, 0.15) is 25.5 Å². The average Bonchev–Trinajstić information content (AvgIpc) is 2.14. The lowest BCUT2D eigenvalue weighted by molar-refractivity contribution is 0.360. The fraction of sp³-hybridized carbons (Fsp3) is 0.400. The molecule has 1 rings (SSSR count). The summed E-state index contributed by atoms with van der Waals surface area (Å²) in [6.07, 6.45) is 1.58. The molecule has 0 unspecified atom stereocenters. The summed E-state index contributed by atoms with van der Waals surface area (Å²) in [6.45, 7) is 4.03. The summed E-state index contributed by atoms with van der Waals surface area (Å²) in [5, 5.41) is 8.91. The molecule has 0 saturated heterocycles. The van der Waals surface area contributed by atoms with E-state index < -0.39 is 0 Å². The molecule has 0 atom stereocenters. The second-order valence-corrected chi connectivity index (χ2v) is 3.57. The molecule has 0 N–H and O–H groups in total. The maximum Gasteiger partial charge on any atom is 0.174 e. The Morgan fingerprint density at radius 2 is 2.36 bits per heavy atom. The monoisotopic (exact) mass is 210 g/mol. The van der Waals surface area contributed by atoms with Crippen LogP contribution in [0.25, 0.3) is 0 Å². The summed E-state index contributed by atoms with van der Waals surface area (Å²) in [4.78, 5) is 4.16. The number of aromatic nitrogens is 1. The molecule has 0 aromatic carbocycles. The molecule has 0 spiro atoms. The molecule has 0 aliphatic heterocycles. The molecule has 0 saturated carbocycles. The van der Waals surface area contributed by atoms with Crippen LogP contribution in [0.5, 0.6) is 5.75 Å². The molecule has 0 bridgehead atoms. The molecule has 1 aromatic heterocycles. The van der Waals surface area contributed by atoms with Gasteiger partial charge in [-0.3, -0.25) is 4.98 Å². The predicted octanol–water partition coefficient (Wildman–Crippen LogP) is 2.76. The smallest absolute Gasteiger partial charge is 0.174 e. The Kier molecular flexibility index (Phi) is 3.73. The molecule has 0 aliphatic rings. The van der Waals surface area contributed by atoms with Gasteiger partial charge in [0.25, 0.3) is 0 Å². The van der Waals surface area contributed by atoms with E-state index in [9.17, 15) is 0 Å². The minimum absolute atomic E-state index is 0.0156. The van der Waals surface area contributed by atoms with E-state index in [1.165, 1.54) is 0 Å². The van der Waals surface area contributed by atoms with Crippen molar-refractivity contribution >= 4 is 11.6 Å². The van der Waals surface area contributed by atoms with Gasteiger partial charge in [-0.2, -0.15) is 5.26 Å². The first-order valence-corrected chi connectivity index (χ1v) is 4.68. The van der Waals surface area contributed by atoms with Crippen LogP contribution in [-0.2, 0) is 0 Å². The van der Waals surface area contributed by atoms with E-state index in [-0.39, 0.29) is 12.5 Å². The van der Waals surface area contributed by atoms with Crippen molar-refractivity contribution in [3.63, 3.8) is 0 Å². The van der Waals surface area contributed by atoms with Gasteiger partial charge in [0.2, 0.25) is 0 Å². The van der Waals surface area contributed by atoms with Crippen molar-refractivity contribution in [3.8, 4) is 11.8 Å². The second kappa shape index (κ2) is 4.83. The molecule has 0 radical (unpaired) electrons. The number of ether oxygens (including phenoxy) is 1. The van der Waals surface area contributed by atoms with Crippen LogP contribution in [0.3, 0.4) is 0 Å². The number of nitrogens with zero attached hydrogens (tertiary/aromatic N) is 2. The molecule has 74 valence electrons. The third kappa shape index (κ3) is 2.61. The Morgan fingerprint density at radius 3 is 2.93 bits per heavy atom. The SMILES string of the molecule is CC(C)c1ncc(Cl)cc1OCC#N. The van der Waals surface area contributed by atoms with E-state index in [4.69, 9.17) is 21.6 Å². The summed E-state index contributed by atoms with van der Waals surface area (Å²) in [7, 11) is 0. The van der Waals surface area contributed by atoms with E-state index in [1.54, 1.807) is 12.3 Å². The van der Waals surface area contributed by atoms with Gasteiger partial charge in [0.1, 0.15) is 11.8 Å². The van der Waals surface area contributed by atoms with E-state index in [1.807, 2.05) is 19.9 Å². The van der Waals surface area contributed by atoms with Crippen molar-refractivity contribution in [1.29, 1.82) is 5.26 Å². The van der Waals surface area contributed by atoms with Crippen molar-refractivity contribution in [1.82, 2.24) is 4.98 Å². The molecule has 0 fully saturated rings. The molecule has 1 aromatic rings. The number of nitriles is 1. The highest BCUT2D eigenvalue weighted by Crippen LogP contribution is 2.26. The highest BCUT2D eigenvalue weighted by atomic mass is 35.5. The number of hydrogen-bond donors (Lipinski definition) is 0. The minimum Gasteiger partial charge on any atom is -0.477 e. The summed E-state index contributed by atoms with van der Waals surface area (Å²) >= 11 is 5.78. The van der Waals surface area contributed by atoms with Crippen LogP contribution in [0.15, 0.2) is 12.3 Å². The van der Waals surface area contributed by atoms with Crippen LogP contribution in [0, 0.1) is 11.3 Å². The number of halogens is 1. The normalized spacial score (nSPS) is 9.93. The fourth-order valence-corrected chi connectivity index (χ4v) is 1.24. The third-order valence-corrected chi connectivity index (χ3v) is 1.89. The summed E-state index contributed by atoms with van der Waals surface area (Å²) < 4.78 is 5.22. The topological polar surface area (TPSA) is 45.9 Å². The number of hydrogen-bond acceptors (Lipinski definition) is 3. The highest BCUT2D eigenvalue weighted by Gasteiger charge is 2.09. The number of pyridine rings is 1. The maximum atomic E-state index is 8.40. The third-order valence-electron chi connectivity index (χ3n) is 1.69. The van der Waals surface area contributed by atoms with Crippen LogP contribution in [0.4, 0.5) is 0 Å². The van der Waals surface area contributed by atoms with Crippen molar-refractivity contribution < 1.29 is 4.74 Å². The maximum absolute atomic E-state index is 8.40. The zero-order valence-electron chi connectivity index (χ0n) is 8.12. The van der Waals surface area contributed by atoms with Crippen LogP contribution < -0.4 is 4.74 Å². The highest BCUT2D eigenvalue weighted by molar-refractivity contribution is 6.30. The van der Waals surface area contributed by atoms with E-state index >= 15 is 0 Å². The van der Waals surface area contributed by atoms with Gasteiger partial charge >= 0.3 is 0 Å². The first kappa shape index (κ1) is 10.8. The van der Waals surface area contributed by atoms with Crippen LogP contribution in [-0.4, -0.2) is 11.6 Å². The summed E-state index contributed by atoms with van der Waals surface area (Å²) in [5.41, 5.74) is 0.824. The van der Waals surface area contributed by atoms with Crippen molar-refractivity contribution in [2.45, 2.75) is 19.8 Å². The van der Waals surface area contributed by atoms with Gasteiger partial charge in [-0.25, -0.2) is 0 Å². The van der Waals surface area contributed by atoms with Gasteiger partial charge in [0.15, 0.2) is 6.61 Å². The molecule has 0 amide bonds. The molecule has 1 heterocycles. The van der Waals surface area contributed by atoms with Gasteiger partial charge in [-0.1, -0.05) is 25.4 Å². The molecule has 4 heteroatoms. The fourth-order valence-electron chi connectivity index (χ4n) is 1.09. The summed E-state index contributed by atoms with van der Waals surface area (Å²) in [6, 6.07) is 3.59. The van der Waals surface area contributed by atoms with Crippen molar-refractivity contribution in [3.05, 3.63) is 23.0 Å². The Labute approximate surface area is 88.3 Å². The van der Waals surface area contributed by atoms with Crippen molar-refractivity contribution in [2.75, 3.05) is 6.61 Å². The largest absolute Gasteiger partial charge is 0.477 e. The van der Waals surface area contributed by atoms with Gasteiger partial charge in [0.05, 0.1) is 10.7 Å².